The van der Waals surface area contributed by atoms with E-state index < -0.39 is 0 Å². The van der Waals surface area contributed by atoms with Crippen LogP contribution < -0.4 is 10.2 Å². The Balaban J connectivity index is 2.41. The fourth-order valence-corrected chi connectivity index (χ4v) is 1.57. The molecular weight excluding hydrogens is 176 g/mol. The summed E-state index contributed by atoms with van der Waals surface area (Å²) in [5.74, 6) is 1.86. The fraction of sp³-hybridized carbons (Fsp3) is 0.182. The van der Waals surface area contributed by atoms with Crippen LogP contribution in [0.3, 0.4) is 0 Å². The lowest BCUT2D eigenvalue weighted by molar-refractivity contribution is -0.113. The standard InChI is InChI=1S/C11H10N2O/c1-2-11(14)13-8-7-12-9-5-3-4-6-10(9)13/h1,3-6,12H,7-8H2. The van der Waals surface area contributed by atoms with Gasteiger partial charge >= 0.3 is 5.91 Å². The molecule has 1 aliphatic heterocycles. The minimum absolute atomic E-state index is 0.279. The van der Waals surface area contributed by atoms with Crippen molar-refractivity contribution < 1.29 is 4.79 Å². The summed E-state index contributed by atoms with van der Waals surface area (Å²) in [6.45, 7) is 1.37. The Morgan fingerprint density at radius 1 is 1.50 bits per heavy atom. The van der Waals surface area contributed by atoms with Crippen LogP contribution in [0.5, 0.6) is 0 Å². The lowest BCUT2D eigenvalue weighted by atomic mass is 10.2. The molecule has 2 rings (SSSR count). The van der Waals surface area contributed by atoms with E-state index in [2.05, 4.69) is 11.2 Å². The molecule has 0 radical (unpaired) electrons. The van der Waals surface area contributed by atoms with Gasteiger partial charge in [0.1, 0.15) is 0 Å². The van der Waals surface area contributed by atoms with E-state index in [-0.39, 0.29) is 5.91 Å². The maximum Gasteiger partial charge on any atom is 0.302 e. The predicted octanol–water partition coefficient (Wildman–Crippen LogP) is 1.08. The van der Waals surface area contributed by atoms with E-state index >= 15 is 0 Å². The predicted molar refractivity (Wildman–Crippen MR) is 56.1 cm³/mol. The maximum absolute atomic E-state index is 11.4. The number of nitrogens with zero attached hydrogens (tertiary/aromatic N) is 1. The zero-order valence-corrected chi connectivity index (χ0v) is 7.66. The number of para-hydroxylation sites is 2. The van der Waals surface area contributed by atoms with E-state index in [1.807, 2.05) is 24.3 Å². The number of amides is 1. The van der Waals surface area contributed by atoms with Crippen LogP contribution in [0.15, 0.2) is 24.3 Å². The van der Waals surface area contributed by atoms with Crippen molar-refractivity contribution >= 4 is 17.3 Å². The number of nitrogens with one attached hydrogen (secondary N) is 1. The van der Waals surface area contributed by atoms with Crippen LogP contribution in [0, 0.1) is 12.3 Å². The van der Waals surface area contributed by atoms with Crippen LogP contribution >= 0.6 is 0 Å². The first-order valence-electron chi connectivity index (χ1n) is 4.44. The normalized spacial score (nSPS) is 13.8. The van der Waals surface area contributed by atoms with E-state index in [1.165, 1.54) is 0 Å². The molecule has 70 valence electrons. The van der Waals surface area contributed by atoms with E-state index in [9.17, 15) is 4.79 Å². The Morgan fingerprint density at radius 2 is 2.29 bits per heavy atom. The first-order chi connectivity index (χ1) is 6.83. The quantitative estimate of drug-likeness (QED) is 0.615. The van der Waals surface area contributed by atoms with Gasteiger partial charge in [-0.05, 0) is 18.1 Å². The molecule has 0 aliphatic carbocycles. The highest BCUT2D eigenvalue weighted by molar-refractivity contribution is 6.07. The van der Waals surface area contributed by atoms with Gasteiger partial charge in [-0.25, -0.2) is 0 Å². The molecule has 0 bridgehead atoms. The number of anilines is 2. The van der Waals surface area contributed by atoms with Crippen molar-refractivity contribution in [1.82, 2.24) is 0 Å². The van der Waals surface area contributed by atoms with Gasteiger partial charge in [-0.1, -0.05) is 12.1 Å². The third kappa shape index (κ3) is 1.31. The van der Waals surface area contributed by atoms with Crippen LogP contribution in [0.25, 0.3) is 0 Å². The first kappa shape index (κ1) is 8.64. The van der Waals surface area contributed by atoms with Gasteiger partial charge in [0.2, 0.25) is 0 Å². The first-order valence-corrected chi connectivity index (χ1v) is 4.44. The monoisotopic (exact) mass is 186 g/mol. The Bertz CT molecular complexity index is 406. The summed E-state index contributed by atoms with van der Waals surface area (Å²) in [7, 11) is 0. The van der Waals surface area contributed by atoms with Gasteiger partial charge in [0.15, 0.2) is 0 Å². The molecule has 1 aromatic carbocycles. The highest BCUT2D eigenvalue weighted by Crippen LogP contribution is 2.27. The molecule has 0 fully saturated rings. The minimum Gasteiger partial charge on any atom is -0.382 e. The Hall–Kier alpha value is -1.95. The van der Waals surface area contributed by atoms with Crippen molar-refractivity contribution in [3.05, 3.63) is 24.3 Å². The van der Waals surface area contributed by atoms with Gasteiger partial charge < -0.3 is 5.32 Å². The molecule has 3 nitrogen and oxygen atoms in total. The molecule has 1 N–H and O–H groups in total. The van der Waals surface area contributed by atoms with Crippen molar-refractivity contribution in [3.8, 4) is 12.3 Å². The van der Waals surface area contributed by atoms with Gasteiger partial charge in [0.05, 0.1) is 11.4 Å². The van der Waals surface area contributed by atoms with Crippen molar-refractivity contribution in [2.24, 2.45) is 0 Å². The summed E-state index contributed by atoms with van der Waals surface area (Å²) in [6, 6.07) is 7.64. The van der Waals surface area contributed by atoms with E-state index in [0.29, 0.717) is 6.54 Å². The molecule has 0 spiro atoms. The molecule has 14 heavy (non-hydrogen) atoms. The molecule has 0 saturated heterocycles. The molecule has 1 amide bonds. The molecular formula is C11H10N2O. The largest absolute Gasteiger partial charge is 0.382 e. The third-order valence-electron chi connectivity index (χ3n) is 2.21. The maximum atomic E-state index is 11.4. The number of carbonyl (C=O) groups excluding carboxylic acids is 1. The topological polar surface area (TPSA) is 32.3 Å². The fourth-order valence-electron chi connectivity index (χ4n) is 1.57. The van der Waals surface area contributed by atoms with Gasteiger partial charge in [-0.2, -0.15) is 0 Å². The van der Waals surface area contributed by atoms with Crippen LogP contribution in [-0.4, -0.2) is 19.0 Å². The third-order valence-corrected chi connectivity index (χ3v) is 2.21. The molecule has 3 heteroatoms. The van der Waals surface area contributed by atoms with Gasteiger partial charge in [0, 0.05) is 13.1 Å². The number of fused-ring (bicyclic) bond motifs is 1. The molecule has 0 aromatic heterocycles. The average Bonchev–Trinajstić information content (AvgIpc) is 2.27. The second kappa shape index (κ2) is 3.43. The average molecular weight is 186 g/mol. The van der Waals surface area contributed by atoms with Crippen LogP contribution in [0.2, 0.25) is 0 Å². The summed E-state index contributed by atoms with van der Waals surface area (Å²) in [4.78, 5) is 13.0. The summed E-state index contributed by atoms with van der Waals surface area (Å²) in [5.41, 5.74) is 1.82. The number of rotatable bonds is 0. The molecule has 0 unspecified atom stereocenters. The summed E-state index contributed by atoms with van der Waals surface area (Å²) < 4.78 is 0. The van der Waals surface area contributed by atoms with Crippen molar-refractivity contribution in [3.63, 3.8) is 0 Å². The second-order valence-electron chi connectivity index (χ2n) is 3.05. The van der Waals surface area contributed by atoms with Crippen molar-refractivity contribution in [2.45, 2.75) is 0 Å². The molecule has 1 aromatic rings. The Labute approximate surface area is 82.7 Å². The van der Waals surface area contributed by atoms with Crippen LogP contribution in [-0.2, 0) is 4.79 Å². The van der Waals surface area contributed by atoms with Gasteiger partial charge in [-0.3, -0.25) is 9.69 Å². The number of hydrogen-bond donors (Lipinski definition) is 1. The molecule has 0 atom stereocenters. The van der Waals surface area contributed by atoms with Crippen LogP contribution in [0.4, 0.5) is 11.4 Å². The number of carbonyl (C=O) groups is 1. The Morgan fingerprint density at radius 3 is 3.07 bits per heavy atom. The van der Waals surface area contributed by atoms with Crippen LogP contribution in [0.1, 0.15) is 0 Å². The Kier molecular flexibility index (Phi) is 2.11. The number of hydrogen-bond acceptors (Lipinski definition) is 2. The summed E-state index contributed by atoms with van der Waals surface area (Å²) >= 11 is 0. The van der Waals surface area contributed by atoms with E-state index in [0.717, 1.165) is 17.9 Å². The molecule has 0 saturated carbocycles. The van der Waals surface area contributed by atoms with Gasteiger partial charge in [0.25, 0.3) is 0 Å². The van der Waals surface area contributed by atoms with Crippen molar-refractivity contribution in [2.75, 3.05) is 23.3 Å². The SMILES string of the molecule is C#CC(=O)N1CCNc2ccccc21. The van der Waals surface area contributed by atoms with Crippen molar-refractivity contribution in [1.29, 1.82) is 0 Å². The molecule has 1 heterocycles. The highest BCUT2D eigenvalue weighted by atomic mass is 16.2. The zero-order chi connectivity index (χ0) is 9.97. The summed E-state index contributed by atoms with van der Waals surface area (Å²) in [6.07, 6.45) is 5.10. The van der Waals surface area contributed by atoms with Gasteiger partial charge in [-0.15, -0.1) is 6.42 Å². The second-order valence-corrected chi connectivity index (χ2v) is 3.05. The lowest BCUT2D eigenvalue weighted by Gasteiger charge is -2.28. The minimum atomic E-state index is -0.279. The zero-order valence-electron chi connectivity index (χ0n) is 7.66. The van der Waals surface area contributed by atoms with E-state index in [1.54, 1.807) is 4.90 Å². The lowest BCUT2D eigenvalue weighted by Crippen LogP contribution is -2.37. The molecule has 1 aliphatic rings. The smallest absolute Gasteiger partial charge is 0.302 e. The number of benzene rings is 1. The summed E-state index contributed by atoms with van der Waals surface area (Å²) in [5, 5.41) is 3.21. The van der Waals surface area contributed by atoms with E-state index in [4.69, 9.17) is 6.42 Å². The number of terminal acetylenes is 1. The highest BCUT2D eigenvalue weighted by Gasteiger charge is 2.19.